The molecule has 0 bridgehead atoms. The standard InChI is InChI=1S/C19H30O2/c1-14-5-10-17(18(20)13-14)19(2,3)12-11-15-6-8-16(21-4)9-7-15/h6-9,14,17-18,20H,5,10-13H2,1-4H3. The zero-order valence-electron chi connectivity index (χ0n) is 13.9. The molecule has 0 aliphatic heterocycles. The van der Waals surface area contributed by atoms with E-state index >= 15 is 0 Å². The van der Waals surface area contributed by atoms with E-state index in [-0.39, 0.29) is 11.5 Å². The van der Waals surface area contributed by atoms with Gasteiger partial charge in [-0.2, -0.15) is 0 Å². The summed E-state index contributed by atoms with van der Waals surface area (Å²) >= 11 is 0. The number of aliphatic hydroxyl groups is 1. The van der Waals surface area contributed by atoms with Gasteiger partial charge in [-0.05, 0) is 60.6 Å². The van der Waals surface area contributed by atoms with E-state index in [2.05, 4.69) is 32.9 Å². The highest BCUT2D eigenvalue weighted by molar-refractivity contribution is 5.27. The second-order valence-electron chi connectivity index (χ2n) is 7.43. The van der Waals surface area contributed by atoms with Crippen molar-refractivity contribution in [2.45, 2.75) is 59.0 Å². The van der Waals surface area contributed by atoms with Crippen LogP contribution in [0.15, 0.2) is 24.3 Å². The maximum atomic E-state index is 10.4. The molecular weight excluding hydrogens is 260 g/mol. The molecule has 1 saturated carbocycles. The molecule has 0 saturated heterocycles. The lowest BCUT2D eigenvalue weighted by atomic mass is 9.65. The van der Waals surface area contributed by atoms with Crippen molar-refractivity contribution in [3.63, 3.8) is 0 Å². The minimum Gasteiger partial charge on any atom is -0.497 e. The van der Waals surface area contributed by atoms with Gasteiger partial charge in [0.15, 0.2) is 0 Å². The summed E-state index contributed by atoms with van der Waals surface area (Å²) in [5.41, 5.74) is 1.54. The van der Waals surface area contributed by atoms with Gasteiger partial charge in [0.1, 0.15) is 5.75 Å². The molecule has 2 nitrogen and oxygen atoms in total. The van der Waals surface area contributed by atoms with Gasteiger partial charge in [0.05, 0.1) is 13.2 Å². The number of methoxy groups -OCH3 is 1. The first-order valence-electron chi connectivity index (χ1n) is 8.23. The molecule has 1 N–H and O–H groups in total. The van der Waals surface area contributed by atoms with Crippen LogP contribution in [0.4, 0.5) is 0 Å². The number of hydrogen-bond acceptors (Lipinski definition) is 2. The molecule has 2 heteroatoms. The second-order valence-corrected chi connectivity index (χ2v) is 7.43. The van der Waals surface area contributed by atoms with Crippen LogP contribution < -0.4 is 4.74 Å². The summed E-state index contributed by atoms with van der Waals surface area (Å²) in [6, 6.07) is 8.35. The van der Waals surface area contributed by atoms with Crippen LogP contribution in [0, 0.1) is 17.3 Å². The maximum absolute atomic E-state index is 10.4. The van der Waals surface area contributed by atoms with Crippen molar-refractivity contribution < 1.29 is 9.84 Å². The summed E-state index contributed by atoms with van der Waals surface area (Å²) < 4.78 is 5.20. The van der Waals surface area contributed by atoms with Crippen LogP contribution in [-0.4, -0.2) is 18.3 Å². The topological polar surface area (TPSA) is 29.5 Å². The molecule has 1 aliphatic rings. The van der Waals surface area contributed by atoms with Crippen LogP contribution >= 0.6 is 0 Å². The maximum Gasteiger partial charge on any atom is 0.118 e. The van der Waals surface area contributed by atoms with Crippen molar-refractivity contribution in [2.24, 2.45) is 17.3 Å². The van der Waals surface area contributed by atoms with Crippen molar-refractivity contribution in [3.8, 4) is 5.75 Å². The molecule has 1 aliphatic carbocycles. The molecule has 3 unspecified atom stereocenters. The van der Waals surface area contributed by atoms with Gasteiger partial charge in [-0.25, -0.2) is 0 Å². The number of aryl methyl sites for hydroxylation is 1. The van der Waals surface area contributed by atoms with Crippen LogP contribution in [0.3, 0.4) is 0 Å². The Morgan fingerprint density at radius 1 is 1.19 bits per heavy atom. The zero-order chi connectivity index (χ0) is 15.5. The smallest absolute Gasteiger partial charge is 0.118 e. The minimum absolute atomic E-state index is 0.125. The molecule has 0 radical (unpaired) electrons. The van der Waals surface area contributed by atoms with E-state index in [9.17, 15) is 5.11 Å². The Morgan fingerprint density at radius 3 is 2.43 bits per heavy atom. The molecule has 1 aromatic carbocycles. The number of ether oxygens (including phenoxy) is 1. The monoisotopic (exact) mass is 290 g/mol. The third kappa shape index (κ3) is 4.23. The first-order valence-corrected chi connectivity index (χ1v) is 8.23. The highest BCUT2D eigenvalue weighted by Crippen LogP contribution is 2.42. The molecule has 21 heavy (non-hydrogen) atoms. The fourth-order valence-corrected chi connectivity index (χ4v) is 3.71. The van der Waals surface area contributed by atoms with Crippen LogP contribution in [0.1, 0.15) is 52.0 Å². The Hall–Kier alpha value is -1.02. The fraction of sp³-hybridized carbons (Fsp3) is 0.684. The quantitative estimate of drug-likeness (QED) is 0.868. The van der Waals surface area contributed by atoms with Crippen molar-refractivity contribution in [1.29, 1.82) is 0 Å². The largest absolute Gasteiger partial charge is 0.497 e. The molecule has 0 heterocycles. The summed E-state index contributed by atoms with van der Waals surface area (Å²) in [5.74, 6) is 2.02. The SMILES string of the molecule is COc1ccc(CCC(C)(C)C2CCC(C)CC2O)cc1. The van der Waals surface area contributed by atoms with Gasteiger partial charge in [-0.1, -0.05) is 39.3 Å². The van der Waals surface area contributed by atoms with E-state index in [1.165, 1.54) is 12.0 Å². The predicted molar refractivity (Wildman–Crippen MR) is 87.6 cm³/mol. The van der Waals surface area contributed by atoms with E-state index in [4.69, 9.17) is 4.74 Å². The third-order valence-corrected chi connectivity index (χ3v) is 5.30. The zero-order valence-corrected chi connectivity index (χ0v) is 13.9. The lowest BCUT2D eigenvalue weighted by Crippen LogP contribution is -2.38. The van der Waals surface area contributed by atoms with Crippen molar-refractivity contribution in [2.75, 3.05) is 7.11 Å². The molecule has 3 atom stereocenters. The van der Waals surface area contributed by atoms with Gasteiger partial charge in [0.2, 0.25) is 0 Å². The van der Waals surface area contributed by atoms with E-state index in [0.29, 0.717) is 11.8 Å². The Kier molecular flexibility index (Phi) is 5.32. The van der Waals surface area contributed by atoms with Gasteiger partial charge in [0.25, 0.3) is 0 Å². The van der Waals surface area contributed by atoms with E-state index in [0.717, 1.165) is 31.4 Å². The van der Waals surface area contributed by atoms with Crippen LogP contribution in [0.2, 0.25) is 0 Å². The fourth-order valence-electron chi connectivity index (χ4n) is 3.71. The van der Waals surface area contributed by atoms with E-state index in [1.54, 1.807) is 7.11 Å². The molecule has 118 valence electrons. The van der Waals surface area contributed by atoms with Crippen molar-refractivity contribution in [3.05, 3.63) is 29.8 Å². The lowest BCUT2D eigenvalue weighted by molar-refractivity contribution is -0.0158. The van der Waals surface area contributed by atoms with Gasteiger partial charge in [-0.3, -0.25) is 0 Å². The molecule has 0 aromatic heterocycles. The number of aliphatic hydroxyl groups excluding tert-OH is 1. The molecule has 1 fully saturated rings. The highest BCUT2D eigenvalue weighted by Gasteiger charge is 2.37. The van der Waals surface area contributed by atoms with Crippen LogP contribution in [0.25, 0.3) is 0 Å². The van der Waals surface area contributed by atoms with Gasteiger partial charge >= 0.3 is 0 Å². The van der Waals surface area contributed by atoms with Gasteiger partial charge in [0, 0.05) is 0 Å². The summed E-state index contributed by atoms with van der Waals surface area (Å²) in [6.07, 6.45) is 5.45. The average molecular weight is 290 g/mol. The predicted octanol–water partition coefficient (Wildman–Crippen LogP) is 4.45. The summed E-state index contributed by atoms with van der Waals surface area (Å²) in [4.78, 5) is 0. The van der Waals surface area contributed by atoms with Gasteiger partial charge < -0.3 is 9.84 Å². The average Bonchev–Trinajstić information content (AvgIpc) is 2.45. The van der Waals surface area contributed by atoms with Crippen LogP contribution in [0.5, 0.6) is 5.75 Å². The highest BCUT2D eigenvalue weighted by atomic mass is 16.5. The molecule has 1 aromatic rings. The lowest BCUT2D eigenvalue weighted by Gasteiger charge is -2.42. The Morgan fingerprint density at radius 2 is 1.86 bits per heavy atom. The summed E-state index contributed by atoms with van der Waals surface area (Å²) in [5, 5.41) is 10.4. The van der Waals surface area contributed by atoms with Crippen molar-refractivity contribution in [1.82, 2.24) is 0 Å². The van der Waals surface area contributed by atoms with Crippen LogP contribution in [-0.2, 0) is 6.42 Å². The van der Waals surface area contributed by atoms with E-state index in [1.807, 2.05) is 12.1 Å². The van der Waals surface area contributed by atoms with E-state index < -0.39 is 0 Å². The van der Waals surface area contributed by atoms with Crippen molar-refractivity contribution >= 4 is 0 Å². The molecule has 0 amide bonds. The molecule has 2 rings (SSSR count). The Labute approximate surface area is 129 Å². The molecule has 0 spiro atoms. The summed E-state index contributed by atoms with van der Waals surface area (Å²) in [6.45, 7) is 6.89. The first-order chi connectivity index (χ1) is 9.92. The number of rotatable bonds is 5. The number of hydrogen-bond donors (Lipinski definition) is 1. The normalized spacial score (nSPS) is 26.6. The third-order valence-electron chi connectivity index (χ3n) is 5.30. The molecular formula is C19H30O2. The Bertz CT molecular complexity index is 435. The Balaban J connectivity index is 1.93. The first kappa shape index (κ1) is 16.4. The number of benzene rings is 1. The second kappa shape index (κ2) is 6.83. The summed E-state index contributed by atoms with van der Waals surface area (Å²) in [7, 11) is 1.70. The van der Waals surface area contributed by atoms with Gasteiger partial charge in [-0.15, -0.1) is 0 Å². The minimum atomic E-state index is -0.125.